The molecule has 0 bridgehead atoms. The zero-order valence-electron chi connectivity index (χ0n) is 16.8. The van der Waals surface area contributed by atoms with E-state index in [9.17, 15) is 4.79 Å². The predicted molar refractivity (Wildman–Crippen MR) is 108 cm³/mol. The van der Waals surface area contributed by atoms with Crippen LogP contribution in [0.3, 0.4) is 0 Å². The summed E-state index contributed by atoms with van der Waals surface area (Å²) in [4.78, 5) is 17.2. The van der Waals surface area contributed by atoms with Crippen molar-refractivity contribution in [3.63, 3.8) is 0 Å². The Morgan fingerprint density at radius 1 is 1.18 bits per heavy atom. The molecule has 28 heavy (non-hydrogen) atoms. The lowest BCUT2D eigenvalue weighted by molar-refractivity contribution is 0.0458. The minimum absolute atomic E-state index is 0.0428. The number of amides is 1. The average Bonchev–Trinajstić information content (AvgIpc) is 3.28. The minimum atomic E-state index is -0.0428. The number of piperidine rings is 1. The lowest BCUT2D eigenvalue weighted by Gasteiger charge is -2.38. The number of nitrogens with zero attached hydrogens (tertiary/aromatic N) is 2. The van der Waals surface area contributed by atoms with Gasteiger partial charge in [0.05, 0.1) is 20.0 Å². The monoisotopic (exact) mass is 386 g/mol. The molecule has 0 radical (unpaired) electrons. The first-order valence-corrected chi connectivity index (χ1v) is 9.90. The van der Waals surface area contributed by atoms with Gasteiger partial charge in [0.15, 0.2) is 5.76 Å². The van der Waals surface area contributed by atoms with Crippen molar-refractivity contribution in [3.8, 4) is 5.75 Å². The van der Waals surface area contributed by atoms with E-state index in [1.807, 2.05) is 17.0 Å². The summed E-state index contributed by atoms with van der Waals surface area (Å²) in [5.74, 6) is 1.25. The van der Waals surface area contributed by atoms with Crippen LogP contribution < -0.4 is 4.74 Å². The summed E-state index contributed by atoms with van der Waals surface area (Å²) in [7, 11) is 3.35. The topological polar surface area (TPSA) is 55.2 Å². The van der Waals surface area contributed by atoms with Crippen LogP contribution in [0.1, 0.15) is 29.0 Å². The van der Waals surface area contributed by atoms with Gasteiger partial charge in [-0.2, -0.15) is 0 Å². The molecule has 0 aliphatic carbocycles. The normalized spacial score (nSPS) is 15.5. The average molecular weight is 386 g/mol. The molecule has 1 aliphatic rings. The van der Waals surface area contributed by atoms with Crippen molar-refractivity contribution in [3.05, 3.63) is 54.0 Å². The summed E-state index contributed by atoms with van der Waals surface area (Å²) in [5.41, 5.74) is 1.32. The highest BCUT2D eigenvalue weighted by molar-refractivity contribution is 5.91. The maximum Gasteiger partial charge on any atom is 0.289 e. The molecule has 0 saturated carbocycles. The van der Waals surface area contributed by atoms with E-state index in [1.165, 1.54) is 5.56 Å². The first-order valence-electron chi connectivity index (χ1n) is 9.90. The number of ether oxygens (including phenoxy) is 2. The van der Waals surface area contributed by atoms with Gasteiger partial charge in [0.2, 0.25) is 0 Å². The zero-order valence-corrected chi connectivity index (χ0v) is 16.8. The number of benzene rings is 1. The number of carbonyl (C=O) groups is 1. The van der Waals surface area contributed by atoms with Gasteiger partial charge < -0.3 is 23.7 Å². The summed E-state index contributed by atoms with van der Waals surface area (Å²) < 4.78 is 15.7. The molecule has 1 amide bonds. The Hall–Kier alpha value is -2.31. The maximum absolute atomic E-state index is 12.8. The SMILES string of the molecule is COCCN(C(=O)c1ccco1)C1CCN(CCc2ccc(OC)cc2)CC1. The number of carbonyl (C=O) groups excluding carboxylic acids is 1. The van der Waals surface area contributed by atoms with Gasteiger partial charge in [0.1, 0.15) is 5.75 Å². The van der Waals surface area contributed by atoms with Gasteiger partial charge in [0.25, 0.3) is 5.91 Å². The van der Waals surface area contributed by atoms with E-state index in [0.29, 0.717) is 18.9 Å². The molecule has 0 atom stereocenters. The van der Waals surface area contributed by atoms with Crippen molar-refractivity contribution in [2.75, 3.05) is 47.0 Å². The number of likely N-dealkylation sites (tertiary alicyclic amines) is 1. The lowest BCUT2D eigenvalue weighted by Crippen LogP contribution is -2.48. The van der Waals surface area contributed by atoms with Crippen molar-refractivity contribution in [2.24, 2.45) is 0 Å². The van der Waals surface area contributed by atoms with E-state index in [1.54, 1.807) is 32.6 Å². The van der Waals surface area contributed by atoms with Gasteiger partial charge in [0, 0.05) is 39.3 Å². The Labute approximate surface area is 167 Å². The van der Waals surface area contributed by atoms with E-state index >= 15 is 0 Å². The Bertz CT molecular complexity index is 707. The molecule has 0 N–H and O–H groups in total. The van der Waals surface area contributed by atoms with Crippen LogP contribution in [0.2, 0.25) is 0 Å². The van der Waals surface area contributed by atoms with Gasteiger partial charge in [-0.3, -0.25) is 4.79 Å². The molecule has 1 aromatic carbocycles. The van der Waals surface area contributed by atoms with Gasteiger partial charge in [-0.15, -0.1) is 0 Å². The van der Waals surface area contributed by atoms with E-state index in [2.05, 4.69) is 17.0 Å². The molecular weight excluding hydrogens is 356 g/mol. The molecule has 2 aromatic rings. The van der Waals surface area contributed by atoms with Crippen molar-refractivity contribution >= 4 is 5.91 Å². The lowest BCUT2D eigenvalue weighted by atomic mass is 10.0. The Morgan fingerprint density at radius 3 is 2.54 bits per heavy atom. The molecule has 1 fully saturated rings. The first kappa shape index (κ1) is 20.4. The summed E-state index contributed by atoms with van der Waals surface area (Å²) in [6, 6.07) is 12.0. The second-order valence-electron chi connectivity index (χ2n) is 7.14. The summed E-state index contributed by atoms with van der Waals surface area (Å²) >= 11 is 0. The van der Waals surface area contributed by atoms with Gasteiger partial charge in [-0.05, 0) is 49.1 Å². The molecule has 3 rings (SSSR count). The van der Waals surface area contributed by atoms with Crippen molar-refractivity contribution in [1.82, 2.24) is 9.80 Å². The second-order valence-corrected chi connectivity index (χ2v) is 7.14. The fraction of sp³-hybridized carbons (Fsp3) is 0.500. The van der Waals surface area contributed by atoms with Crippen LogP contribution >= 0.6 is 0 Å². The van der Waals surface area contributed by atoms with Crippen LogP contribution in [-0.4, -0.2) is 68.8 Å². The number of furan rings is 1. The Kier molecular flexibility index (Phi) is 7.51. The first-order chi connectivity index (χ1) is 13.7. The summed E-state index contributed by atoms with van der Waals surface area (Å²) in [6.45, 7) is 4.14. The second kappa shape index (κ2) is 10.3. The molecule has 2 heterocycles. The molecule has 1 aliphatic heterocycles. The van der Waals surface area contributed by atoms with Crippen LogP contribution in [0.4, 0.5) is 0 Å². The van der Waals surface area contributed by atoms with Gasteiger partial charge in [-0.1, -0.05) is 12.1 Å². The molecule has 152 valence electrons. The Balaban J connectivity index is 1.50. The predicted octanol–water partition coefficient (Wildman–Crippen LogP) is 3.08. The third-order valence-corrected chi connectivity index (χ3v) is 5.40. The third kappa shape index (κ3) is 5.36. The zero-order chi connectivity index (χ0) is 19.8. The summed E-state index contributed by atoms with van der Waals surface area (Å²) in [5, 5.41) is 0. The standard InChI is InChI=1S/C22H30N2O4/c1-26-17-15-24(22(25)21-4-3-16-28-21)19-10-13-23(14-11-19)12-9-18-5-7-20(27-2)8-6-18/h3-8,16,19H,9-15,17H2,1-2H3. The van der Waals surface area contributed by atoms with Crippen LogP contribution in [0.25, 0.3) is 0 Å². The van der Waals surface area contributed by atoms with Gasteiger partial charge >= 0.3 is 0 Å². The highest BCUT2D eigenvalue weighted by atomic mass is 16.5. The quantitative estimate of drug-likeness (QED) is 0.663. The Morgan fingerprint density at radius 2 is 1.93 bits per heavy atom. The molecule has 6 heteroatoms. The smallest absolute Gasteiger partial charge is 0.289 e. The van der Waals surface area contributed by atoms with Crippen LogP contribution in [0, 0.1) is 0 Å². The maximum atomic E-state index is 12.8. The van der Waals surface area contributed by atoms with Crippen LogP contribution in [0.5, 0.6) is 5.75 Å². The fourth-order valence-electron chi connectivity index (χ4n) is 3.72. The fourth-order valence-corrected chi connectivity index (χ4v) is 3.72. The van der Waals surface area contributed by atoms with Gasteiger partial charge in [-0.25, -0.2) is 0 Å². The highest BCUT2D eigenvalue weighted by Gasteiger charge is 2.29. The molecule has 6 nitrogen and oxygen atoms in total. The van der Waals surface area contributed by atoms with Crippen molar-refractivity contribution < 1.29 is 18.7 Å². The number of hydrogen-bond donors (Lipinski definition) is 0. The molecule has 0 unspecified atom stereocenters. The number of methoxy groups -OCH3 is 2. The molecule has 1 saturated heterocycles. The summed E-state index contributed by atoms with van der Waals surface area (Å²) in [6.07, 6.45) is 4.51. The largest absolute Gasteiger partial charge is 0.497 e. The molecule has 1 aromatic heterocycles. The highest BCUT2D eigenvalue weighted by Crippen LogP contribution is 2.20. The van der Waals surface area contributed by atoms with Crippen LogP contribution in [0.15, 0.2) is 47.1 Å². The third-order valence-electron chi connectivity index (χ3n) is 5.40. The van der Waals surface area contributed by atoms with Crippen LogP contribution in [-0.2, 0) is 11.2 Å². The molecular formula is C22H30N2O4. The van der Waals surface area contributed by atoms with E-state index in [-0.39, 0.29) is 11.9 Å². The van der Waals surface area contributed by atoms with E-state index in [4.69, 9.17) is 13.9 Å². The van der Waals surface area contributed by atoms with Crippen molar-refractivity contribution in [2.45, 2.75) is 25.3 Å². The number of hydrogen-bond acceptors (Lipinski definition) is 5. The number of rotatable bonds is 9. The molecule has 0 spiro atoms. The van der Waals surface area contributed by atoms with E-state index in [0.717, 1.165) is 44.6 Å². The minimum Gasteiger partial charge on any atom is -0.497 e. The van der Waals surface area contributed by atoms with E-state index < -0.39 is 0 Å². The van der Waals surface area contributed by atoms with Crippen molar-refractivity contribution in [1.29, 1.82) is 0 Å².